The second-order valence-corrected chi connectivity index (χ2v) is 6.59. The average Bonchev–Trinajstić information content (AvgIpc) is 2.74. The number of rotatable bonds is 5. The third-order valence-electron chi connectivity index (χ3n) is 4.81. The highest BCUT2D eigenvalue weighted by molar-refractivity contribution is 5.97. The molecule has 28 heavy (non-hydrogen) atoms. The van der Waals surface area contributed by atoms with Gasteiger partial charge in [0.25, 0.3) is 5.91 Å². The number of piperidine rings is 1. The number of methoxy groups -OCH3 is 2. The number of likely N-dealkylation sites (tertiary alicyclic amines) is 1. The molecule has 1 heterocycles. The van der Waals surface area contributed by atoms with E-state index in [4.69, 9.17) is 9.47 Å². The maximum absolute atomic E-state index is 12.5. The molecule has 7 heteroatoms. The van der Waals surface area contributed by atoms with E-state index in [-0.39, 0.29) is 18.0 Å². The number of para-hydroxylation sites is 1. The smallest absolute Gasteiger partial charge is 0.321 e. The van der Waals surface area contributed by atoms with Gasteiger partial charge in [0.1, 0.15) is 11.5 Å². The Kier molecular flexibility index (Phi) is 6.37. The second kappa shape index (κ2) is 9.12. The first-order valence-electron chi connectivity index (χ1n) is 9.24. The Morgan fingerprint density at radius 1 is 0.964 bits per heavy atom. The lowest BCUT2D eigenvalue weighted by Crippen LogP contribution is -2.47. The van der Waals surface area contributed by atoms with Crippen LogP contribution in [0.4, 0.5) is 10.5 Å². The quantitative estimate of drug-likeness (QED) is 0.831. The summed E-state index contributed by atoms with van der Waals surface area (Å²) in [5.74, 6) is 1.14. The van der Waals surface area contributed by atoms with Gasteiger partial charge in [-0.05, 0) is 49.2 Å². The van der Waals surface area contributed by atoms with E-state index in [0.717, 1.165) is 11.4 Å². The van der Waals surface area contributed by atoms with Gasteiger partial charge in [-0.2, -0.15) is 0 Å². The molecule has 1 saturated heterocycles. The monoisotopic (exact) mass is 383 g/mol. The molecule has 0 atom stereocenters. The Labute approximate surface area is 164 Å². The molecule has 2 aromatic carbocycles. The highest BCUT2D eigenvalue weighted by atomic mass is 16.5. The molecule has 2 aromatic rings. The SMILES string of the molecule is COc1ccc(NC(=O)N2CCC(NC(=O)c3ccccc3OC)CC2)cc1. The lowest BCUT2D eigenvalue weighted by Gasteiger charge is -2.32. The number of urea groups is 1. The molecule has 1 aliphatic rings. The van der Waals surface area contributed by atoms with Crippen molar-refractivity contribution in [2.75, 3.05) is 32.6 Å². The van der Waals surface area contributed by atoms with Crippen molar-refractivity contribution in [3.63, 3.8) is 0 Å². The standard InChI is InChI=1S/C21H25N3O4/c1-27-17-9-7-15(8-10-17)23-21(26)24-13-11-16(12-14-24)22-20(25)18-5-3-4-6-19(18)28-2/h3-10,16H,11-14H2,1-2H3,(H,22,25)(H,23,26). The molecule has 148 valence electrons. The average molecular weight is 383 g/mol. The first-order chi connectivity index (χ1) is 13.6. The van der Waals surface area contributed by atoms with Crippen molar-refractivity contribution < 1.29 is 19.1 Å². The lowest BCUT2D eigenvalue weighted by molar-refractivity contribution is 0.0916. The Balaban J connectivity index is 1.49. The third-order valence-corrected chi connectivity index (χ3v) is 4.81. The Morgan fingerprint density at radius 2 is 1.64 bits per heavy atom. The topological polar surface area (TPSA) is 79.9 Å². The second-order valence-electron chi connectivity index (χ2n) is 6.59. The van der Waals surface area contributed by atoms with Gasteiger partial charge in [0.2, 0.25) is 0 Å². The van der Waals surface area contributed by atoms with Gasteiger partial charge < -0.3 is 25.0 Å². The molecule has 0 spiro atoms. The molecular formula is C21H25N3O4. The summed E-state index contributed by atoms with van der Waals surface area (Å²) in [5, 5.41) is 5.93. The van der Waals surface area contributed by atoms with E-state index in [2.05, 4.69) is 10.6 Å². The van der Waals surface area contributed by atoms with Gasteiger partial charge in [-0.15, -0.1) is 0 Å². The molecule has 0 saturated carbocycles. The van der Waals surface area contributed by atoms with Crippen molar-refractivity contribution in [1.29, 1.82) is 0 Å². The number of nitrogens with zero attached hydrogens (tertiary/aromatic N) is 1. The predicted octanol–water partition coefficient (Wildman–Crippen LogP) is 3.13. The van der Waals surface area contributed by atoms with Crippen LogP contribution in [0.1, 0.15) is 23.2 Å². The number of carbonyl (C=O) groups is 2. The van der Waals surface area contributed by atoms with Crippen LogP contribution in [0, 0.1) is 0 Å². The van der Waals surface area contributed by atoms with Crippen LogP contribution in [-0.2, 0) is 0 Å². The third kappa shape index (κ3) is 4.73. The van der Waals surface area contributed by atoms with Crippen molar-refractivity contribution >= 4 is 17.6 Å². The van der Waals surface area contributed by atoms with Crippen LogP contribution in [0.15, 0.2) is 48.5 Å². The van der Waals surface area contributed by atoms with Gasteiger partial charge in [0.05, 0.1) is 19.8 Å². The van der Waals surface area contributed by atoms with Gasteiger partial charge in [-0.3, -0.25) is 4.79 Å². The van der Waals surface area contributed by atoms with E-state index < -0.39 is 0 Å². The maximum Gasteiger partial charge on any atom is 0.321 e. The summed E-state index contributed by atoms with van der Waals surface area (Å²) in [6.45, 7) is 1.16. The fourth-order valence-electron chi connectivity index (χ4n) is 3.20. The van der Waals surface area contributed by atoms with Crippen LogP contribution in [-0.4, -0.2) is 50.2 Å². The van der Waals surface area contributed by atoms with E-state index in [1.165, 1.54) is 0 Å². The number of ether oxygens (including phenoxy) is 2. The highest BCUT2D eigenvalue weighted by Crippen LogP contribution is 2.19. The molecule has 3 amide bonds. The zero-order valence-corrected chi connectivity index (χ0v) is 16.1. The fraction of sp³-hybridized carbons (Fsp3) is 0.333. The minimum Gasteiger partial charge on any atom is -0.497 e. The molecule has 0 radical (unpaired) electrons. The summed E-state index contributed by atoms with van der Waals surface area (Å²) >= 11 is 0. The molecular weight excluding hydrogens is 358 g/mol. The molecule has 3 rings (SSSR count). The van der Waals surface area contributed by atoms with Crippen molar-refractivity contribution in [2.24, 2.45) is 0 Å². The number of benzene rings is 2. The minimum atomic E-state index is -0.154. The van der Waals surface area contributed by atoms with Crippen LogP contribution >= 0.6 is 0 Å². The number of anilines is 1. The Morgan fingerprint density at radius 3 is 2.29 bits per heavy atom. The van der Waals surface area contributed by atoms with Crippen LogP contribution in [0.2, 0.25) is 0 Å². The van der Waals surface area contributed by atoms with Gasteiger partial charge in [-0.1, -0.05) is 12.1 Å². The summed E-state index contributed by atoms with van der Waals surface area (Å²) in [6, 6.07) is 14.2. The predicted molar refractivity (Wildman–Crippen MR) is 107 cm³/mol. The van der Waals surface area contributed by atoms with Gasteiger partial charge >= 0.3 is 6.03 Å². The number of carbonyl (C=O) groups excluding carboxylic acids is 2. The first kappa shape index (κ1) is 19.5. The number of nitrogens with one attached hydrogen (secondary N) is 2. The zero-order chi connectivity index (χ0) is 19.9. The molecule has 0 aromatic heterocycles. The van der Waals surface area contributed by atoms with Crippen molar-refractivity contribution in [1.82, 2.24) is 10.2 Å². The highest BCUT2D eigenvalue weighted by Gasteiger charge is 2.25. The molecule has 0 unspecified atom stereocenters. The molecule has 0 bridgehead atoms. The molecule has 1 aliphatic heterocycles. The minimum absolute atomic E-state index is 0.0300. The zero-order valence-electron chi connectivity index (χ0n) is 16.1. The number of hydrogen-bond acceptors (Lipinski definition) is 4. The van der Waals surface area contributed by atoms with Gasteiger partial charge in [-0.25, -0.2) is 4.79 Å². The first-order valence-corrected chi connectivity index (χ1v) is 9.24. The summed E-state index contributed by atoms with van der Waals surface area (Å²) in [7, 11) is 3.15. The summed E-state index contributed by atoms with van der Waals surface area (Å²) in [6.07, 6.45) is 1.41. The lowest BCUT2D eigenvalue weighted by atomic mass is 10.0. The summed E-state index contributed by atoms with van der Waals surface area (Å²) < 4.78 is 10.4. The van der Waals surface area contributed by atoms with E-state index in [1.54, 1.807) is 55.5 Å². The maximum atomic E-state index is 12.5. The Hall–Kier alpha value is -3.22. The van der Waals surface area contributed by atoms with Crippen molar-refractivity contribution in [3.05, 3.63) is 54.1 Å². The van der Waals surface area contributed by atoms with Crippen LogP contribution in [0.3, 0.4) is 0 Å². The molecule has 1 fully saturated rings. The van der Waals surface area contributed by atoms with E-state index in [1.807, 2.05) is 12.1 Å². The fourth-order valence-corrected chi connectivity index (χ4v) is 3.20. The number of hydrogen-bond donors (Lipinski definition) is 2. The molecule has 2 N–H and O–H groups in total. The Bertz CT molecular complexity index is 815. The largest absolute Gasteiger partial charge is 0.497 e. The van der Waals surface area contributed by atoms with E-state index >= 15 is 0 Å². The van der Waals surface area contributed by atoms with E-state index in [0.29, 0.717) is 37.2 Å². The summed E-state index contributed by atoms with van der Waals surface area (Å²) in [4.78, 5) is 26.7. The van der Waals surface area contributed by atoms with Crippen LogP contribution in [0.25, 0.3) is 0 Å². The summed E-state index contributed by atoms with van der Waals surface area (Å²) in [5.41, 5.74) is 1.24. The van der Waals surface area contributed by atoms with Crippen molar-refractivity contribution in [2.45, 2.75) is 18.9 Å². The van der Waals surface area contributed by atoms with Crippen LogP contribution in [0.5, 0.6) is 11.5 Å². The van der Waals surface area contributed by atoms with Crippen molar-refractivity contribution in [3.8, 4) is 11.5 Å². The van der Waals surface area contributed by atoms with Crippen LogP contribution < -0.4 is 20.1 Å². The number of amides is 3. The normalized spacial score (nSPS) is 14.3. The van der Waals surface area contributed by atoms with Gasteiger partial charge in [0.15, 0.2) is 0 Å². The molecule has 0 aliphatic carbocycles. The van der Waals surface area contributed by atoms with Gasteiger partial charge in [0, 0.05) is 24.8 Å². The molecule has 7 nitrogen and oxygen atoms in total. The van der Waals surface area contributed by atoms with E-state index in [9.17, 15) is 9.59 Å².